The summed E-state index contributed by atoms with van der Waals surface area (Å²) in [6.45, 7) is 6.50. The number of carbonyl (C=O) groups is 1. The Morgan fingerprint density at radius 1 is 1.12 bits per heavy atom. The fourth-order valence-electron chi connectivity index (χ4n) is 3.59. The molecule has 0 saturated carbocycles. The van der Waals surface area contributed by atoms with Crippen LogP contribution in [0.2, 0.25) is 0 Å². The first kappa shape index (κ1) is 22.8. The van der Waals surface area contributed by atoms with Crippen LogP contribution < -0.4 is 10.1 Å². The molecule has 0 aliphatic carbocycles. The third-order valence-electron chi connectivity index (χ3n) is 5.35. The van der Waals surface area contributed by atoms with Crippen molar-refractivity contribution in [2.24, 2.45) is 0 Å². The number of hydrogen-bond acceptors (Lipinski definition) is 6. The largest absolute Gasteiger partial charge is 0.486 e. The van der Waals surface area contributed by atoms with Gasteiger partial charge in [-0.3, -0.25) is 19.6 Å². The number of carbonyl (C=O) groups excluding carboxylic acids is 1. The van der Waals surface area contributed by atoms with E-state index < -0.39 is 4.92 Å². The van der Waals surface area contributed by atoms with Crippen molar-refractivity contribution in [3.05, 3.63) is 105 Å². The number of anilines is 1. The van der Waals surface area contributed by atoms with Gasteiger partial charge < -0.3 is 14.5 Å². The highest BCUT2D eigenvalue weighted by atomic mass is 16.6. The fourth-order valence-corrected chi connectivity index (χ4v) is 3.59. The quantitative estimate of drug-likeness (QED) is 0.286. The van der Waals surface area contributed by atoms with Gasteiger partial charge in [-0.05, 0) is 50.6 Å². The standard InChI is InChI=1S/C25H24N4O5/c1-16-5-4-6-19(13-16)14-28-18(3)24(17(2)27-28)26-25(30)23-12-11-22(34-23)15-33-21-9-7-20(8-10-21)29(31)32/h4-13H,14-15H2,1-3H3,(H,26,30). The van der Waals surface area contributed by atoms with Crippen molar-refractivity contribution in [2.75, 3.05) is 5.32 Å². The first-order valence-corrected chi connectivity index (χ1v) is 10.7. The number of nitrogens with one attached hydrogen (secondary N) is 1. The Hall–Kier alpha value is -4.40. The molecule has 0 unspecified atom stereocenters. The smallest absolute Gasteiger partial charge is 0.291 e. The van der Waals surface area contributed by atoms with Crippen molar-refractivity contribution < 1.29 is 18.9 Å². The molecule has 0 atom stereocenters. The number of nitro groups is 1. The minimum atomic E-state index is -0.475. The number of benzene rings is 2. The van der Waals surface area contributed by atoms with Crippen LogP contribution in [0.5, 0.6) is 5.75 Å². The first-order chi connectivity index (χ1) is 16.3. The van der Waals surface area contributed by atoms with E-state index in [0.717, 1.165) is 11.3 Å². The van der Waals surface area contributed by atoms with Crippen molar-refractivity contribution in [3.8, 4) is 5.75 Å². The highest BCUT2D eigenvalue weighted by Crippen LogP contribution is 2.23. The third kappa shape index (κ3) is 5.15. The van der Waals surface area contributed by atoms with Crippen LogP contribution >= 0.6 is 0 Å². The second kappa shape index (κ2) is 9.62. The monoisotopic (exact) mass is 460 g/mol. The molecule has 0 bridgehead atoms. The molecular weight excluding hydrogens is 436 g/mol. The number of aryl methyl sites for hydroxylation is 2. The Kier molecular flexibility index (Phi) is 6.44. The molecule has 34 heavy (non-hydrogen) atoms. The predicted octanol–water partition coefficient (Wildman–Crippen LogP) is 5.19. The van der Waals surface area contributed by atoms with Crippen LogP contribution in [0.1, 0.15) is 38.8 Å². The molecule has 4 aromatic rings. The zero-order valence-corrected chi connectivity index (χ0v) is 19.1. The van der Waals surface area contributed by atoms with E-state index in [0.29, 0.717) is 29.4 Å². The van der Waals surface area contributed by atoms with Gasteiger partial charge in [0, 0.05) is 12.1 Å². The van der Waals surface area contributed by atoms with Gasteiger partial charge in [-0.2, -0.15) is 5.10 Å². The van der Waals surface area contributed by atoms with Crippen LogP contribution in [0.4, 0.5) is 11.4 Å². The molecule has 9 nitrogen and oxygen atoms in total. The van der Waals surface area contributed by atoms with E-state index >= 15 is 0 Å². The summed E-state index contributed by atoms with van der Waals surface area (Å²) in [5.41, 5.74) is 4.51. The summed E-state index contributed by atoms with van der Waals surface area (Å²) in [7, 11) is 0. The molecule has 0 spiro atoms. The highest BCUT2D eigenvalue weighted by Gasteiger charge is 2.18. The van der Waals surface area contributed by atoms with Gasteiger partial charge in [0.15, 0.2) is 5.76 Å². The SMILES string of the molecule is Cc1cccc(Cn2nc(C)c(NC(=O)c3ccc(COc4ccc([N+](=O)[O-])cc4)o3)c2C)c1. The number of furan rings is 1. The normalized spacial score (nSPS) is 10.8. The van der Waals surface area contributed by atoms with Crippen molar-refractivity contribution >= 4 is 17.3 Å². The average molecular weight is 460 g/mol. The summed E-state index contributed by atoms with van der Waals surface area (Å²) in [6.07, 6.45) is 0. The molecular formula is C25H24N4O5. The summed E-state index contributed by atoms with van der Waals surface area (Å²) in [4.78, 5) is 23.0. The topological polar surface area (TPSA) is 112 Å². The van der Waals surface area contributed by atoms with E-state index in [9.17, 15) is 14.9 Å². The van der Waals surface area contributed by atoms with Crippen molar-refractivity contribution in [1.29, 1.82) is 0 Å². The molecule has 2 aromatic heterocycles. The summed E-state index contributed by atoms with van der Waals surface area (Å²) >= 11 is 0. The molecule has 0 fully saturated rings. The Morgan fingerprint density at radius 2 is 1.88 bits per heavy atom. The van der Waals surface area contributed by atoms with Crippen LogP contribution in [0.15, 0.2) is 65.1 Å². The Morgan fingerprint density at radius 3 is 2.59 bits per heavy atom. The maximum Gasteiger partial charge on any atom is 0.291 e. The van der Waals surface area contributed by atoms with E-state index in [1.165, 1.54) is 29.8 Å². The summed E-state index contributed by atoms with van der Waals surface area (Å²) < 4.78 is 13.1. The lowest BCUT2D eigenvalue weighted by molar-refractivity contribution is -0.384. The predicted molar refractivity (Wildman–Crippen MR) is 126 cm³/mol. The minimum absolute atomic E-state index is 0.0166. The number of ether oxygens (including phenoxy) is 1. The van der Waals surface area contributed by atoms with Gasteiger partial charge in [0.25, 0.3) is 11.6 Å². The zero-order valence-electron chi connectivity index (χ0n) is 19.1. The van der Waals surface area contributed by atoms with E-state index in [1.54, 1.807) is 12.1 Å². The van der Waals surface area contributed by atoms with E-state index in [1.807, 2.05) is 43.7 Å². The van der Waals surface area contributed by atoms with Crippen LogP contribution in [0, 0.1) is 30.9 Å². The summed E-state index contributed by atoms with van der Waals surface area (Å²) in [5, 5.41) is 18.2. The number of nitro benzene ring substituents is 1. The molecule has 0 aliphatic heterocycles. The van der Waals surface area contributed by atoms with Gasteiger partial charge in [0.2, 0.25) is 0 Å². The second-order valence-corrected chi connectivity index (χ2v) is 7.95. The molecule has 1 N–H and O–H groups in total. The zero-order chi connectivity index (χ0) is 24.2. The van der Waals surface area contributed by atoms with Crippen molar-refractivity contribution in [3.63, 3.8) is 0 Å². The Labute approximate surface area is 196 Å². The number of amides is 1. The maximum absolute atomic E-state index is 12.8. The number of rotatable bonds is 8. The van der Waals surface area contributed by atoms with Crippen LogP contribution in [0.25, 0.3) is 0 Å². The number of non-ortho nitro benzene ring substituents is 1. The van der Waals surface area contributed by atoms with E-state index in [-0.39, 0.29) is 24.0 Å². The van der Waals surface area contributed by atoms with Gasteiger partial charge in [0.05, 0.1) is 28.5 Å². The van der Waals surface area contributed by atoms with Gasteiger partial charge >= 0.3 is 0 Å². The lowest BCUT2D eigenvalue weighted by Gasteiger charge is -2.07. The van der Waals surface area contributed by atoms with Crippen molar-refractivity contribution in [1.82, 2.24) is 9.78 Å². The van der Waals surface area contributed by atoms with Gasteiger partial charge in [0.1, 0.15) is 18.1 Å². The lowest BCUT2D eigenvalue weighted by atomic mass is 10.1. The van der Waals surface area contributed by atoms with Gasteiger partial charge in [-0.1, -0.05) is 29.8 Å². The van der Waals surface area contributed by atoms with Crippen LogP contribution in [-0.4, -0.2) is 20.6 Å². The number of hydrogen-bond donors (Lipinski definition) is 1. The molecule has 0 saturated heterocycles. The molecule has 1 amide bonds. The van der Waals surface area contributed by atoms with E-state index in [2.05, 4.69) is 16.5 Å². The molecule has 0 radical (unpaired) electrons. The average Bonchev–Trinajstić information content (AvgIpc) is 3.38. The number of nitrogens with zero attached hydrogens (tertiary/aromatic N) is 3. The minimum Gasteiger partial charge on any atom is -0.486 e. The summed E-state index contributed by atoms with van der Waals surface area (Å²) in [6, 6.07) is 17.2. The summed E-state index contributed by atoms with van der Waals surface area (Å²) in [5.74, 6) is 0.669. The van der Waals surface area contributed by atoms with Gasteiger partial charge in [-0.25, -0.2) is 0 Å². The van der Waals surface area contributed by atoms with E-state index in [4.69, 9.17) is 9.15 Å². The highest BCUT2D eigenvalue weighted by molar-refractivity contribution is 6.02. The third-order valence-corrected chi connectivity index (χ3v) is 5.35. The first-order valence-electron chi connectivity index (χ1n) is 10.7. The van der Waals surface area contributed by atoms with Crippen molar-refractivity contribution in [2.45, 2.75) is 33.9 Å². The number of aromatic nitrogens is 2. The van der Waals surface area contributed by atoms with Crippen LogP contribution in [-0.2, 0) is 13.2 Å². The maximum atomic E-state index is 12.8. The molecule has 2 heterocycles. The van der Waals surface area contributed by atoms with Gasteiger partial charge in [-0.15, -0.1) is 0 Å². The fraction of sp³-hybridized carbons (Fsp3) is 0.200. The molecule has 174 valence electrons. The lowest BCUT2D eigenvalue weighted by Crippen LogP contribution is -2.12. The molecule has 4 rings (SSSR count). The second-order valence-electron chi connectivity index (χ2n) is 7.95. The van der Waals surface area contributed by atoms with Crippen LogP contribution in [0.3, 0.4) is 0 Å². The Balaban J connectivity index is 1.39. The molecule has 2 aromatic carbocycles. The molecule has 0 aliphatic rings. The Bertz CT molecular complexity index is 1340. The molecule has 9 heteroatoms.